The van der Waals surface area contributed by atoms with Gasteiger partial charge in [-0.3, -0.25) is 18.7 Å². The van der Waals surface area contributed by atoms with Gasteiger partial charge in [-0.1, -0.05) is 55.8 Å². The van der Waals surface area contributed by atoms with Crippen molar-refractivity contribution >= 4 is 30.3 Å². The number of rotatable bonds is 9. The number of para-hydroxylation sites is 1. The minimum absolute atomic E-state index is 0.0246. The predicted octanol–water partition coefficient (Wildman–Crippen LogP) is 5.60. The molecule has 13 heteroatoms. The molecule has 0 aromatic heterocycles. The topological polar surface area (TPSA) is 111 Å². The lowest BCUT2D eigenvalue weighted by Crippen LogP contribution is -2.43. The van der Waals surface area contributed by atoms with Gasteiger partial charge >= 0.3 is 13.8 Å². The molecule has 0 radical (unpaired) electrons. The molecule has 3 atom stereocenters. The molecule has 3 aromatic rings. The number of unbranched alkanes of at least 4 members (excludes halogenated alkanes) is 1. The van der Waals surface area contributed by atoms with Crippen LogP contribution in [0.3, 0.4) is 0 Å². The quantitative estimate of drug-likeness (QED) is 0.231. The first kappa shape index (κ1) is 33.4. The molecule has 1 aliphatic carbocycles. The van der Waals surface area contributed by atoms with Crippen LogP contribution in [0.4, 0.5) is 18.9 Å². The van der Waals surface area contributed by atoms with E-state index in [9.17, 15) is 27.3 Å². The maximum absolute atomic E-state index is 14.8. The Bertz CT molecular complexity index is 1710. The number of anilines is 1. The van der Waals surface area contributed by atoms with Gasteiger partial charge in [0, 0.05) is 42.9 Å². The molecule has 47 heavy (non-hydrogen) atoms. The van der Waals surface area contributed by atoms with E-state index >= 15 is 0 Å². The number of hydrogen-bond donors (Lipinski definition) is 1. The van der Waals surface area contributed by atoms with E-state index in [2.05, 4.69) is 0 Å². The van der Waals surface area contributed by atoms with Crippen LogP contribution in [0.25, 0.3) is 11.1 Å². The van der Waals surface area contributed by atoms with Crippen LogP contribution in [0, 0.1) is 0 Å². The number of alkyl halides is 3. The molecule has 3 unspecified atom stereocenters. The van der Waals surface area contributed by atoms with Crippen LogP contribution in [-0.4, -0.2) is 75.0 Å². The maximum Gasteiger partial charge on any atom is 0.406 e. The van der Waals surface area contributed by atoms with Crippen molar-refractivity contribution < 1.29 is 41.1 Å². The van der Waals surface area contributed by atoms with Crippen LogP contribution in [0.15, 0.2) is 60.7 Å². The smallest absolute Gasteiger partial charge is 0.378 e. The second-order valence-corrected chi connectivity index (χ2v) is 13.8. The van der Waals surface area contributed by atoms with Crippen molar-refractivity contribution in [3.8, 4) is 11.1 Å². The van der Waals surface area contributed by atoms with E-state index in [-0.39, 0.29) is 36.0 Å². The average Bonchev–Trinajstić information content (AvgIpc) is 3.39. The van der Waals surface area contributed by atoms with Gasteiger partial charge in [-0.05, 0) is 46.9 Å². The summed E-state index contributed by atoms with van der Waals surface area (Å²) in [6, 6.07) is 17.1. The van der Waals surface area contributed by atoms with Crippen molar-refractivity contribution in [3.63, 3.8) is 0 Å². The first-order valence-corrected chi connectivity index (χ1v) is 17.3. The number of carbonyl (C=O) groups excluding carboxylic acids is 2. The van der Waals surface area contributed by atoms with Gasteiger partial charge < -0.3 is 24.8 Å². The number of benzene rings is 3. The minimum Gasteiger partial charge on any atom is -0.378 e. The van der Waals surface area contributed by atoms with E-state index in [1.807, 2.05) is 24.0 Å². The Morgan fingerprint density at radius 2 is 1.70 bits per heavy atom. The van der Waals surface area contributed by atoms with Crippen LogP contribution in [0.2, 0.25) is 0 Å². The molecule has 2 N–H and O–H groups in total. The van der Waals surface area contributed by atoms with Crippen LogP contribution < -0.4 is 15.9 Å². The predicted molar refractivity (Wildman–Crippen MR) is 171 cm³/mol. The van der Waals surface area contributed by atoms with E-state index in [0.29, 0.717) is 67.1 Å². The van der Waals surface area contributed by atoms with Crippen molar-refractivity contribution in [2.24, 2.45) is 5.73 Å². The van der Waals surface area contributed by atoms with Gasteiger partial charge in [0.05, 0.1) is 31.0 Å². The second kappa shape index (κ2) is 13.5. The number of nitrogens with two attached hydrogens (primary N) is 1. The fourth-order valence-corrected chi connectivity index (χ4v) is 8.71. The number of hydrogen-bond acceptors (Lipinski definition) is 8. The summed E-state index contributed by atoms with van der Waals surface area (Å²) in [5.41, 5.74) is 8.73. The Labute approximate surface area is 271 Å². The number of fused-ring (bicyclic) bond motifs is 3. The number of morpholine rings is 1. The lowest BCUT2D eigenvalue weighted by atomic mass is 9.91. The van der Waals surface area contributed by atoms with E-state index in [1.165, 1.54) is 6.07 Å². The number of carbonyl (C=O) groups is 2. The number of ether oxygens (including phenoxy) is 1. The van der Waals surface area contributed by atoms with Gasteiger partial charge in [-0.15, -0.1) is 0 Å². The maximum atomic E-state index is 14.8. The summed E-state index contributed by atoms with van der Waals surface area (Å²) < 4.78 is 73.5. The van der Waals surface area contributed by atoms with Crippen LogP contribution >= 0.6 is 7.60 Å². The highest BCUT2D eigenvalue weighted by atomic mass is 31.2. The molecule has 0 bridgehead atoms. The number of nitrogens with zero attached hydrogens (tertiary/aromatic N) is 2. The molecule has 9 nitrogen and oxygen atoms in total. The molecule has 0 saturated carbocycles. The molecule has 6 rings (SSSR count). The van der Waals surface area contributed by atoms with Crippen LogP contribution in [0.1, 0.15) is 59.2 Å². The van der Waals surface area contributed by atoms with Crippen molar-refractivity contribution in [1.82, 2.24) is 4.90 Å². The van der Waals surface area contributed by atoms with Gasteiger partial charge in [0.2, 0.25) is 5.91 Å². The molecular weight excluding hydrogens is 634 g/mol. The van der Waals surface area contributed by atoms with E-state index < -0.39 is 44.2 Å². The molecule has 0 spiro atoms. The van der Waals surface area contributed by atoms with Crippen molar-refractivity contribution in [1.29, 1.82) is 0 Å². The van der Waals surface area contributed by atoms with Gasteiger partial charge in [-0.25, -0.2) is 0 Å². The summed E-state index contributed by atoms with van der Waals surface area (Å²) in [7, 11) is -4.39. The standard InChI is InChI=1S/C34H37F3N3O6P/c1-2-3-15-40(21-34(35,36)37)33(42)30-23-9-5-4-8-22(23)24-12-13-26(32(29(24)30)47(43)45-18-14-28(38)46-47)31(41)25-10-6-7-11-27(25)39-16-19-44-20-17-39/h4-13,28,30H,2-3,14-21,38H2,1H3. The molecule has 3 aromatic carbocycles. The Kier molecular flexibility index (Phi) is 9.60. The summed E-state index contributed by atoms with van der Waals surface area (Å²) in [5, 5.41) is -0.135. The van der Waals surface area contributed by atoms with Gasteiger partial charge in [0.15, 0.2) is 5.78 Å². The summed E-state index contributed by atoms with van der Waals surface area (Å²) in [6.45, 7) is 2.29. The summed E-state index contributed by atoms with van der Waals surface area (Å²) >= 11 is 0. The van der Waals surface area contributed by atoms with Gasteiger partial charge in [0.1, 0.15) is 12.8 Å². The number of amides is 1. The Hall–Kier alpha value is -3.54. The number of ketones is 1. The van der Waals surface area contributed by atoms with E-state index in [1.54, 1.807) is 42.5 Å². The highest BCUT2D eigenvalue weighted by molar-refractivity contribution is 7.62. The zero-order valence-corrected chi connectivity index (χ0v) is 26.9. The molecule has 2 saturated heterocycles. The van der Waals surface area contributed by atoms with E-state index in [4.69, 9.17) is 19.5 Å². The Morgan fingerprint density at radius 3 is 2.43 bits per heavy atom. The summed E-state index contributed by atoms with van der Waals surface area (Å²) in [4.78, 5) is 31.9. The van der Waals surface area contributed by atoms with Crippen molar-refractivity contribution in [2.45, 2.75) is 44.5 Å². The van der Waals surface area contributed by atoms with Gasteiger partial charge in [-0.2, -0.15) is 13.2 Å². The van der Waals surface area contributed by atoms with Crippen LogP contribution in [-0.2, 0) is 23.1 Å². The zero-order valence-electron chi connectivity index (χ0n) is 26.0. The monoisotopic (exact) mass is 671 g/mol. The molecule has 2 fully saturated rings. The lowest BCUT2D eigenvalue weighted by Gasteiger charge is -2.33. The molecule has 250 valence electrons. The van der Waals surface area contributed by atoms with Gasteiger partial charge in [0.25, 0.3) is 0 Å². The highest BCUT2D eigenvalue weighted by Crippen LogP contribution is 2.57. The first-order chi connectivity index (χ1) is 22.5. The second-order valence-electron chi connectivity index (χ2n) is 11.9. The summed E-state index contributed by atoms with van der Waals surface area (Å²) in [5.74, 6) is -2.60. The fraction of sp³-hybridized carbons (Fsp3) is 0.412. The third-order valence-corrected chi connectivity index (χ3v) is 10.8. The Balaban J connectivity index is 1.57. The molecular formula is C34H37F3N3O6P. The molecule has 2 aliphatic heterocycles. The molecule has 3 aliphatic rings. The van der Waals surface area contributed by atoms with Crippen molar-refractivity contribution in [2.75, 3.05) is 50.9 Å². The Morgan fingerprint density at radius 1 is 0.979 bits per heavy atom. The molecule has 1 amide bonds. The normalized spacial score (nSPS) is 22.4. The fourth-order valence-electron chi connectivity index (χ4n) is 6.59. The largest absolute Gasteiger partial charge is 0.406 e. The van der Waals surface area contributed by atoms with E-state index in [0.717, 1.165) is 4.90 Å². The lowest BCUT2D eigenvalue weighted by molar-refractivity contribution is -0.161. The summed E-state index contributed by atoms with van der Waals surface area (Å²) in [6.07, 6.45) is -4.48. The zero-order chi connectivity index (χ0) is 33.3. The average molecular weight is 672 g/mol. The number of halogens is 3. The van der Waals surface area contributed by atoms with Crippen LogP contribution in [0.5, 0.6) is 0 Å². The van der Waals surface area contributed by atoms with Crippen molar-refractivity contribution in [3.05, 3.63) is 82.9 Å². The molecule has 2 heterocycles. The SMILES string of the molecule is CCCCN(CC(F)(F)F)C(=O)C1c2ccccc2-c2ccc(C(=O)c3ccccc3N3CCOCC3)c(P3(=O)OCCC(N)O3)c21. The third-order valence-electron chi connectivity index (χ3n) is 8.73. The third kappa shape index (κ3) is 6.62. The highest BCUT2D eigenvalue weighted by Gasteiger charge is 2.48. The first-order valence-electron chi connectivity index (χ1n) is 15.8. The minimum atomic E-state index is -4.65.